The van der Waals surface area contributed by atoms with E-state index in [9.17, 15) is 9.59 Å². The van der Waals surface area contributed by atoms with Crippen LogP contribution < -0.4 is 10.1 Å². The van der Waals surface area contributed by atoms with Gasteiger partial charge < -0.3 is 15.2 Å². The third kappa shape index (κ3) is 4.91. The Labute approximate surface area is 118 Å². The second-order valence-corrected chi connectivity index (χ2v) is 4.47. The van der Waals surface area contributed by atoms with Crippen molar-refractivity contribution in [3.63, 3.8) is 0 Å². The molecule has 0 aliphatic carbocycles. The molecule has 0 fully saturated rings. The number of unbranched alkanes of at least 4 members (excludes halogenated alkanes) is 1. The van der Waals surface area contributed by atoms with E-state index in [0.717, 1.165) is 12.8 Å². The van der Waals surface area contributed by atoms with E-state index in [4.69, 9.17) is 9.84 Å². The van der Waals surface area contributed by atoms with Gasteiger partial charge in [0.1, 0.15) is 11.8 Å². The maximum atomic E-state index is 12.0. The van der Waals surface area contributed by atoms with E-state index in [-0.39, 0.29) is 0 Å². The van der Waals surface area contributed by atoms with E-state index in [1.54, 1.807) is 24.3 Å². The van der Waals surface area contributed by atoms with Crippen molar-refractivity contribution in [2.24, 2.45) is 0 Å². The topological polar surface area (TPSA) is 75.6 Å². The Morgan fingerprint density at radius 2 is 2.10 bits per heavy atom. The highest BCUT2D eigenvalue weighted by molar-refractivity contribution is 5.96. The van der Waals surface area contributed by atoms with Gasteiger partial charge in [-0.1, -0.05) is 25.8 Å². The zero-order chi connectivity index (χ0) is 15.0. The molecule has 2 N–H and O–H groups in total. The van der Waals surface area contributed by atoms with Crippen LogP contribution in [0.2, 0.25) is 0 Å². The van der Waals surface area contributed by atoms with Gasteiger partial charge >= 0.3 is 5.97 Å². The van der Waals surface area contributed by atoms with Crippen LogP contribution in [0.3, 0.4) is 0 Å². The number of carbonyl (C=O) groups excluding carboxylic acids is 1. The molecule has 0 heterocycles. The summed E-state index contributed by atoms with van der Waals surface area (Å²) in [6.07, 6.45) is 2.08. The predicted molar refractivity (Wildman–Crippen MR) is 76.0 cm³/mol. The number of amides is 1. The molecule has 20 heavy (non-hydrogen) atoms. The number of nitrogens with one attached hydrogen (secondary N) is 1. The van der Waals surface area contributed by atoms with Crippen molar-refractivity contribution in [2.45, 2.75) is 39.2 Å². The van der Waals surface area contributed by atoms with E-state index >= 15 is 0 Å². The van der Waals surface area contributed by atoms with Crippen molar-refractivity contribution >= 4 is 11.9 Å². The zero-order valence-electron chi connectivity index (χ0n) is 11.9. The maximum Gasteiger partial charge on any atom is 0.326 e. The fraction of sp³-hybridized carbons (Fsp3) is 0.467. The number of carboxylic acid groups (broad SMARTS) is 1. The maximum absolute atomic E-state index is 12.0. The molecule has 0 bridgehead atoms. The Morgan fingerprint density at radius 3 is 2.70 bits per heavy atom. The minimum Gasteiger partial charge on any atom is -0.494 e. The van der Waals surface area contributed by atoms with Crippen molar-refractivity contribution in [1.82, 2.24) is 5.32 Å². The Kier molecular flexibility index (Phi) is 6.56. The van der Waals surface area contributed by atoms with Gasteiger partial charge in [0.25, 0.3) is 5.91 Å². The highest BCUT2D eigenvalue weighted by atomic mass is 16.5. The Bertz CT molecular complexity index is 459. The summed E-state index contributed by atoms with van der Waals surface area (Å²) < 4.78 is 5.32. The molecule has 1 aromatic carbocycles. The van der Waals surface area contributed by atoms with Crippen LogP contribution in [0.4, 0.5) is 0 Å². The van der Waals surface area contributed by atoms with Crippen molar-refractivity contribution in [3.8, 4) is 5.75 Å². The highest BCUT2D eigenvalue weighted by Gasteiger charge is 2.20. The monoisotopic (exact) mass is 279 g/mol. The third-order valence-electron chi connectivity index (χ3n) is 2.86. The van der Waals surface area contributed by atoms with Gasteiger partial charge in [-0.3, -0.25) is 4.79 Å². The number of carbonyl (C=O) groups is 2. The molecule has 0 aromatic heterocycles. The van der Waals surface area contributed by atoms with E-state index in [1.165, 1.54) is 0 Å². The number of benzene rings is 1. The van der Waals surface area contributed by atoms with Crippen LogP contribution in [0.5, 0.6) is 5.75 Å². The molecule has 0 spiro atoms. The third-order valence-corrected chi connectivity index (χ3v) is 2.86. The van der Waals surface area contributed by atoms with E-state index < -0.39 is 17.9 Å². The minimum absolute atomic E-state index is 0.393. The Hall–Kier alpha value is -2.04. The van der Waals surface area contributed by atoms with Gasteiger partial charge in [-0.25, -0.2) is 4.79 Å². The summed E-state index contributed by atoms with van der Waals surface area (Å²) in [6, 6.07) is 5.86. The Balaban J connectivity index is 2.72. The molecule has 0 aliphatic rings. The first kappa shape index (κ1) is 16.0. The van der Waals surface area contributed by atoms with Crippen molar-refractivity contribution in [2.75, 3.05) is 6.61 Å². The summed E-state index contributed by atoms with van der Waals surface area (Å²) in [5.74, 6) is -0.802. The molecule has 0 aliphatic heterocycles. The SMILES string of the molecule is CCCCC(NC(=O)c1cccc(OCC)c1)C(=O)O. The standard InChI is InChI=1S/C15H21NO4/c1-3-5-9-13(15(18)19)16-14(17)11-7-6-8-12(10-11)20-4-2/h6-8,10,13H,3-5,9H2,1-2H3,(H,16,17)(H,18,19). The number of hydrogen-bond donors (Lipinski definition) is 2. The van der Waals surface area contributed by atoms with Gasteiger partial charge in [-0.15, -0.1) is 0 Å². The first-order chi connectivity index (χ1) is 9.58. The quantitative estimate of drug-likeness (QED) is 0.766. The first-order valence-electron chi connectivity index (χ1n) is 6.85. The normalized spacial score (nSPS) is 11.7. The van der Waals surface area contributed by atoms with Crippen LogP contribution in [0, 0.1) is 0 Å². The number of aliphatic carboxylic acids is 1. The summed E-state index contributed by atoms with van der Waals surface area (Å²) >= 11 is 0. The molecule has 1 amide bonds. The number of hydrogen-bond acceptors (Lipinski definition) is 3. The summed E-state index contributed by atoms with van der Waals surface area (Å²) in [5.41, 5.74) is 0.402. The zero-order valence-corrected chi connectivity index (χ0v) is 11.9. The van der Waals surface area contributed by atoms with Crippen molar-refractivity contribution < 1.29 is 19.4 Å². The van der Waals surface area contributed by atoms with Crippen LogP contribution >= 0.6 is 0 Å². The number of rotatable bonds is 8. The van der Waals surface area contributed by atoms with Gasteiger partial charge in [0.05, 0.1) is 6.61 Å². The predicted octanol–water partition coefficient (Wildman–Crippen LogP) is 2.46. The average molecular weight is 279 g/mol. The molecule has 0 radical (unpaired) electrons. The summed E-state index contributed by atoms with van der Waals surface area (Å²) in [6.45, 7) is 4.35. The van der Waals surface area contributed by atoms with Gasteiger partial charge in [0.2, 0.25) is 0 Å². The molecule has 0 saturated heterocycles. The molecular weight excluding hydrogens is 258 g/mol. The average Bonchev–Trinajstić information content (AvgIpc) is 2.43. The molecule has 1 atom stereocenters. The lowest BCUT2D eigenvalue weighted by Gasteiger charge is -2.14. The molecular formula is C15H21NO4. The van der Waals surface area contributed by atoms with Gasteiger partial charge in [0, 0.05) is 5.56 Å². The lowest BCUT2D eigenvalue weighted by Crippen LogP contribution is -2.40. The lowest BCUT2D eigenvalue weighted by molar-refractivity contribution is -0.139. The molecule has 1 rings (SSSR count). The second kappa shape index (κ2) is 8.19. The van der Waals surface area contributed by atoms with Crippen LogP contribution in [-0.4, -0.2) is 29.6 Å². The summed E-state index contributed by atoms with van der Waals surface area (Å²) in [7, 11) is 0. The molecule has 110 valence electrons. The van der Waals surface area contributed by atoms with Crippen LogP contribution in [-0.2, 0) is 4.79 Å². The molecule has 1 unspecified atom stereocenters. The van der Waals surface area contributed by atoms with E-state index in [1.807, 2.05) is 13.8 Å². The fourth-order valence-corrected chi connectivity index (χ4v) is 1.80. The Morgan fingerprint density at radius 1 is 1.35 bits per heavy atom. The number of ether oxygens (including phenoxy) is 1. The van der Waals surface area contributed by atoms with Crippen LogP contribution in [0.15, 0.2) is 24.3 Å². The van der Waals surface area contributed by atoms with Gasteiger partial charge in [-0.05, 0) is 31.5 Å². The van der Waals surface area contributed by atoms with E-state index in [0.29, 0.717) is 24.3 Å². The molecule has 1 aromatic rings. The number of carboxylic acids is 1. The van der Waals surface area contributed by atoms with Crippen LogP contribution in [0.25, 0.3) is 0 Å². The van der Waals surface area contributed by atoms with Gasteiger partial charge in [-0.2, -0.15) is 0 Å². The smallest absolute Gasteiger partial charge is 0.326 e. The second-order valence-electron chi connectivity index (χ2n) is 4.47. The van der Waals surface area contributed by atoms with E-state index in [2.05, 4.69) is 5.32 Å². The lowest BCUT2D eigenvalue weighted by atomic mass is 10.1. The molecule has 5 heteroatoms. The van der Waals surface area contributed by atoms with Crippen molar-refractivity contribution in [3.05, 3.63) is 29.8 Å². The summed E-state index contributed by atoms with van der Waals surface area (Å²) in [5, 5.41) is 11.6. The van der Waals surface area contributed by atoms with Gasteiger partial charge in [0.15, 0.2) is 0 Å². The minimum atomic E-state index is -1.01. The van der Waals surface area contributed by atoms with Crippen molar-refractivity contribution in [1.29, 1.82) is 0 Å². The fourth-order valence-electron chi connectivity index (χ4n) is 1.80. The molecule has 0 saturated carbocycles. The summed E-state index contributed by atoms with van der Waals surface area (Å²) in [4.78, 5) is 23.2. The largest absolute Gasteiger partial charge is 0.494 e. The highest BCUT2D eigenvalue weighted by Crippen LogP contribution is 2.13. The first-order valence-corrected chi connectivity index (χ1v) is 6.85. The van der Waals surface area contributed by atoms with Crippen LogP contribution in [0.1, 0.15) is 43.5 Å². The molecule has 5 nitrogen and oxygen atoms in total.